The van der Waals surface area contributed by atoms with Crippen LogP contribution in [0, 0.1) is 17.2 Å². The first-order chi connectivity index (χ1) is 8.12. The number of rotatable bonds is 5. The van der Waals surface area contributed by atoms with Crippen molar-refractivity contribution >= 4 is 37.5 Å². The first-order valence-corrected chi connectivity index (χ1v) is 7.52. The number of hydrogen-bond acceptors (Lipinski definition) is 2. The first-order valence-electron chi connectivity index (χ1n) is 5.61. The summed E-state index contributed by atoms with van der Waals surface area (Å²) in [6.45, 7) is 5.74. The lowest BCUT2D eigenvalue weighted by Gasteiger charge is -2.24. The largest absolute Gasteiger partial charge is 0.370 e. The smallest absolute Gasteiger partial charge is 0.0671 e. The molecule has 0 aliphatic rings. The zero-order valence-electron chi connectivity index (χ0n) is 10.1. The Morgan fingerprint density at radius 3 is 2.65 bits per heavy atom. The highest BCUT2D eigenvalue weighted by molar-refractivity contribution is 9.10. The monoisotopic (exact) mass is 358 g/mol. The van der Waals surface area contributed by atoms with Gasteiger partial charge in [0.15, 0.2) is 0 Å². The lowest BCUT2D eigenvalue weighted by atomic mass is 10.1. The van der Waals surface area contributed by atoms with E-state index in [4.69, 9.17) is 5.26 Å². The third-order valence-electron chi connectivity index (χ3n) is 2.64. The summed E-state index contributed by atoms with van der Waals surface area (Å²) in [6, 6.07) is 8.60. The van der Waals surface area contributed by atoms with E-state index in [0.29, 0.717) is 0 Å². The topological polar surface area (TPSA) is 27.0 Å². The van der Waals surface area contributed by atoms with Crippen LogP contribution in [-0.4, -0.2) is 13.1 Å². The molecule has 0 aromatic heterocycles. The molecule has 4 heteroatoms. The van der Waals surface area contributed by atoms with Gasteiger partial charge in [-0.05, 0) is 31.5 Å². The van der Waals surface area contributed by atoms with Gasteiger partial charge in [0.25, 0.3) is 0 Å². The fourth-order valence-electron chi connectivity index (χ4n) is 1.63. The second-order valence-corrected chi connectivity index (χ2v) is 5.39. The molecule has 0 N–H and O–H groups in total. The van der Waals surface area contributed by atoms with Gasteiger partial charge in [-0.2, -0.15) is 5.26 Å². The number of hydrogen-bond donors (Lipinski definition) is 0. The number of anilines is 1. The summed E-state index contributed by atoms with van der Waals surface area (Å²) < 4.78 is 1.11. The van der Waals surface area contributed by atoms with E-state index in [9.17, 15) is 0 Å². The predicted molar refractivity (Wildman–Crippen MR) is 79.4 cm³/mol. The van der Waals surface area contributed by atoms with E-state index in [1.807, 2.05) is 6.92 Å². The summed E-state index contributed by atoms with van der Waals surface area (Å²) in [4.78, 5) is 2.22. The van der Waals surface area contributed by atoms with E-state index in [2.05, 4.69) is 68.0 Å². The number of nitriles is 1. The Morgan fingerprint density at radius 1 is 1.47 bits per heavy atom. The maximum Gasteiger partial charge on any atom is 0.0671 e. The van der Waals surface area contributed by atoms with Gasteiger partial charge in [-0.25, -0.2) is 0 Å². The molecular weight excluding hydrogens is 344 g/mol. The van der Waals surface area contributed by atoms with Crippen LogP contribution in [0.1, 0.15) is 19.4 Å². The minimum atomic E-state index is 0.0459. The molecule has 0 aliphatic heterocycles. The van der Waals surface area contributed by atoms with Crippen molar-refractivity contribution in [1.82, 2.24) is 0 Å². The Balaban J connectivity index is 2.89. The third-order valence-corrected chi connectivity index (χ3v) is 3.98. The second-order valence-electron chi connectivity index (χ2n) is 3.98. The van der Waals surface area contributed by atoms with E-state index in [1.54, 1.807) is 0 Å². The van der Waals surface area contributed by atoms with Crippen molar-refractivity contribution in [2.24, 2.45) is 5.92 Å². The number of alkyl halides is 1. The molecule has 92 valence electrons. The Labute approximate surface area is 120 Å². The molecule has 0 bridgehead atoms. The average Bonchev–Trinajstić information content (AvgIpc) is 2.35. The van der Waals surface area contributed by atoms with E-state index in [-0.39, 0.29) is 5.92 Å². The van der Waals surface area contributed by atoms with Gasteiger partial charge >= 0.3 is 0 Å². The quantitative estimate of drug-likeness (QED) is 0.731. The zero-order chi connectivity index (χ0) is 12.8. The van der Waals surface area contributed by atoms with E-state index < -0.39 is 0 Å². The van der Waals surface area contributed by atoms with Crippen LogP contribution in [0.2, 0.25) is 0 Å². The van der Waals surface area contributed by atoms with Crippen LogP contribution >= 0.6 is 31.9 Å². The van der Waals surface area contributed by atoms with Crippen molar-refractivity contribution in [3.8, 4) is 6.07 Å². The highest BCUT2D eigenvalue weighted by Gasteiger charge is 2.10. The molecule has 2 nitrogen and oxygen atoms in total. The summed E-state index contributed by atoms with van der Waals surface area (Å²) in [6.07, 6.45) is 0. The zero-order valence-corrected chi connectivity index (χ0v) is 13.3. The summed E-state index contributed by atoms with van der Waals surface area (Å²) in [5.74, 6) is 0.0459. The molecular formula is C13H16Br2N2. The minimum Gasteiger partial charge on any atom is -0.370 e. The molecule has 0 radical (unpaired) electrons. The number of halogens is 2. The molecule has 0 spiro atoms. The van der Waals surface area contributed by atoms with Crippen LogP contribution in [0.4, 0.5) is 5.69 Å². The van der Waals surface area contributed by atoms with Crippen LogP contribution in [0.5, 0.6) is 0 Å². The Bertz CT molecular complexity index is 412. The Kier molecular flexibility index (Phi) is 6.01. The molecule has 17 heavy (non-hydrogen) atoms. The minimum absolute atomic E-state index is 0.0459. The molecule has 0 aliphatic carbocycles. The third kappa shape index (κ3) is 4.01. The highest BCUT2D eigenvalue weighted by Crippen LogP contribution is 2.26. The molecule has 1 aromatic carbocycles. The maximum atomic E-state index is 8.87. The van der Waals surface area contributed by atoms with E-state index >= 15 is 0 Å². The van der Waals surface area contributed by atoms with Crippen LogP contribution < -0.4 is 4.90 Å². The standard InChI is InChI=1S/C13H16Br2N2/c1-3-17(9-10(2)8-16)12-5-4-11(7-14)13(15)6-12/h4-6,10H,3,7,9H2,1-2H3. The summed E-state index contributed by atoms with van der Waals surface area (Å²) in [7, 11) is 0. The van der Waals surface area contributed by atoms with Crippen LogP contribution in [0.15, 0.2) is 22.7 Å². The van der Waals surface area contributed by atoms with Gasteiger partial charge in [-0.1, -0.05) is 37.9 Å². The van der Waals surface area contributed by atoms with Gasteiger partial charge in [0.2, 0.25) is 0 Å². The lowest BCUT2D eigenvalue weighted by Crippen LogP contribution is -2.27. The molecule has 1 atom stereocenters. The normalized spacial score (nSPS) is 11.9. The van der Waals surface area contributed by atoms with Gasteiger partial charge in [0.05, 0.1) is 12.0 Å². The average molecular weight is 360 g/mol. The molecule has 0 saturated carbocycles. The molecule has 1 unspecified atom stereocenters. The predicted octanol–water partition coefficient (Wildman–Crippen LogP) is 4.33. The molecule has 0 saturated heterocycles. The van der Waals surface area contributed by atoms with Crippen molar-refractivity contribution in [3.63, 3.8) is 0 Å². The van der Waals surface area contributed by atoms with E-state index in [0.717, 1.165) is 28.6 Å². The van der Waals surface area contributed by atoms with Crippen molar-refractivity contribution in [2.45, 2.75) is 19.2 Å². The fraction of sp³-hybridized carbons (Fsp3) is 0.462. The Morgan fingerprint density at radius 2 is 2.18 bits per heavy atom. The number of benzene rings is 1. The number of nitrogens with zero attached hydrogens (tertiary/aromatic N) is 2. The molecule has 0 amide bonds. The summed E-state index contributed by atoms with van der Waals surface area (Å²) in [5.41, 5.74) is 2.39. The molecule has 0 heterocycles. The SMILES string of the molecule is CCN(CC(C)C#N)c1ccc(CBr)c(Br)c1. The molecule has 1 rings (SSSR count). The van der Waals surface area contributed by atoms with Crippen LogP contribution in [0.3, 0.4) is 0 Å². The Hall–Kier alpha value is -0.530. The van der Waals surface area contributed by atoms with Crippen molar-refractivity contribution in [3.05, 3.63) is 28.2 Å². The van der Waals surface area contributed by atoms with Gasteiger partial charge in [0, 0.05) is 28.6 Å². The highest BCUT2D eigenvalue weighted by atomic mass is 79.9. The fourth-order valence-corrected chi connectivity index (χ4v) is 3.00. The maximum absolute atomic E-state index is 8.87. The van der Waals surface area contributed by atoms with Gasteiger partial charge in [-0.15, -0.1) is 0 Å². The second kappa shape index (κ2) is 7.03. The van der Waals surface area contributed by atoms with Crippen LogP contribution in [0.25, 0.3) is 0 Å². The van der Waals surface area contributed by atoms with Gasteiger partial charge in [-0.3, -0.25) is 0 Å². The first kappa shape index (κ1) is 14.5. The van der Waals surface area contributed by atoms with Crippen LogP contribution in [-0.2, 0) is 5.33 Å². The van der Waals surface area contributed by atoms with Crippen molar-refractivity contribution < 1.29 is 0 Å². The summed E-state index contributed by atoms with van der Waals surface area (Å²) in [5, 5.41) is 9.71. The molecule has 0 fully saturated rings. The molecule has 1 aromatic rings. The summed E-state index contributed by atoms with van der Waals surface area (Å²) >= 11 is 7.02. The van der Waals surface area contributed by atoms with E-state index in [1.165, 1.54) is 5.56 Å². The van der Waals surface area contributed by atoms with Crippen molar-refractivity contribution in [2.75, 3.05) is 18.0 Å². The van der Waals surface area contributed by atoms with Gasteiger partial charge < -0.3 is 4.90 Å². The lowest BCUT2D eigenvalue weighted by molar-refractivity contribution is 0.686. The van der Waals surface area contributed by atoms with Gasteiger partial charge in [0.1, 0.15) is 0 Å². The van der Waals surface area contributed by atoms with Crippen molar-refractivity contribution in [1.29, 1.82) is 5.26 Å².